The van der Waals surface area contributed by atoms with Crippen molar-refractivity contribution in [2.24, 2.45) is 5.73 Å². The number of fused-ring (bicyclic) bond motifs is 1. The molecule has 0 bridgehead atoms. The third kappa shape index (κ3) is 4.43. The number of nitrogens with two attached hydrogens (primary N) is 1. The van der Waals surface area contributed by atoms with Crippen LogP contribution in [0.25, 0.3) is 11.0 Å². The first kappa shape index (κ1) is 21.3. The Balaban J connectivity index is 1.86. The normalized spacial score (nSPS) is 19.5. The van der Waals surface area contributed by atoms with Crippen LogP contribution in [0.5, 0.6) is 5.75 Å². The number of carbonyl (C=O) groups excluding carboxylic acids is 3. The van der Waals surface area contributed by atoms with Crippen LogP contribution in [0.15, 0.2) is 33.5 Å². The first-order valence-corrected chi connectivity index (χ1v) is 9.35. The number of likely N-dealkylation sites (tertiary alicyclic amines) is 1. The van der Waals surface area contributed by atoms with Crippen molar-refractivity contribution >= 4 is 28.7 Å². The Bertz CT molecular complexity index is 1050. The number of aliphatic hydroxyl groups excluding tert-OH is 1. The van der Waals surface area contributed by atoms with E-state index in [1.165, 1.54) is 25.0 Å². The number of rotatable bonds is 6. The number of amides is 3. The van der Waals surface area contributed by atoms with Crippen molar-refractivity contribution < 1.29 is 28.6 Å². The molecule has 0 spiro atoms. The van der Waals surface area contributed by atoms with Crippen molar-refractivity contribution in [2.45, 2.75) is 38.0 Å². The second kappa shape index (κ2) is 8.54. The lowest BCUT2D eigenvalue weighted by molar-refractivity contribution is -0.138. The molecule has 10 nitrogen and oxygen atoms in total. The first-order chi connectivity index (χ1) is 14.2. The SMILES string of the molecule is COc1ccc2c(C[C@@H](NC(=O)[C@@H]3C[C@@H](O)CN3C(C)=O)C(N)=O)cc(=O)oc2c1. The molecule has 1 saturated heterocycles. The maximum atomic E-state index is 12.7. The largest absolute Gasteiger partial charge is 0.497 e. The standard InChI is InChI=1S/C20H23N3O7/c1-10(24)23-9-12(25)7-16(23)20(28)22-15(19(21)27)5-11-6-18(26)30-17-8-13(29-2)3-4-14(11)17/h3-4,6,8,12,15-16,25H,5,7,9H2,1-2H3,(H2,21,27)(H,22,28)/t12-,15-,16+/m1/s1. The Hall–Kier alpha value is -3.40. The van der Waals surface area contributed by atoms with E-state index in [9.17, 15) is 24.3 Å². The molecule has 1 aliphatic rings. The zero-order valence-corrected chi connectivity index (χ0v) is 16.6. The minimum Gasteiger partial charge on any atom is -0.497 e. The number of benzene rings is 1. The van der Waals surface area contributed by atoms with Gasteiger partial charge in [0.2, 0.25) is 17.7 Å². The smallest absolute Gasteiger partial charge is 0.336 e. The Kier molecular flexibility index (Phi) is 6.06. The molecular formula is C20H23N3O7. The van der Waals surface area contributed by atoms with Gasteiger partial charge in [0.1, 0.15) is 23.4 Å². The Labute approximate surface area is 171 Å². The number of methoxy groups -OCH3 is 1. The number of β-amino-alcohol motifs (C(OH)–C–C–N with tert-alkyl or cyclic N) is 1. The molecule has 0 radical (unpaired) electrons. The summed E-state index contributed by atoms with van der Waals surface area (Å²) in [6.45, 7) is 1.34. The second-order valence-corrected chi connectivity index (χ2v) is 7.20. The molecule has 30 heavy (non-hydrogen) atoms. The molecule has 4 N–H and O–H groups in total. The van der Waals surface area contributed by atoms with Crippen LogP contribution in [0, 0.1) is 0 Å². The van der Waals surface area contributed by atoms with Gasteiger partial charge in [-0.05, 0) is 17.7 Å². The monoisotopic (exact) mass is 417 g/mol. The maximum Gasteiger partial charge on any atom is 0.336 e. The molecular weight excluding hydrogens is 394 g/mol. The number of carbonyl (C=O) groups is 3. The van der Waals surface area contributed by atoms with E-state index < -0.39 is 35.6 Å². The maximum absolute atomic E-state index is 12.7. The molecule has 0 aliphatic carbocycles. The molecule has 2 heterocycles. The summed E-state index contributed by atoms with van der Waals surface area (Å²) in [5.41, 5.74) is 5.59. The second-order valence-electron chi connectivity index (χ2n) is 7.20. The number of nitrogens with one attached hydrogen (secondary N) is 1. The zero-order chi connectivity index (χ0) is 22.0. The van der Waals surface area contributed by atoms with E-state index in [4.69, 9.17) is 14.9 Å². The number of ether oxygens (including phenoxy) is 1. The van der Waals surface area contributed by atoms with Gasteiger partial charge in [-0.15, -0.1) is 0 Å². The third-order valence-corrected chi connectivity index (χ3v) is 5.11. The summed E-state index contributed by atoms with van der Waals surface area (Å²) in [7, 11) is 1.48. The average molecular weight is 417 g/mol. The van der Waals surface area contributed by atoms with Crippen molar-refractivity contribution in [1.29, 1.82) is 0 Å². The molecule has 1 aromatic carbocycles. The predicted molar refractivity (Wildman–Crippen MR) is 106 cm³/mol. The Morgan fingerprint density at radius 3 is 2.73 bits per heavy atom. The summed E-state index contributed by atoms with van der Waals surface area (Å²) in [5, 5.41) is 12.9. The summed E-state index contributed by atoms with van der Waals surface area (Å²) >= 11 is 0. The highest BCUT2D eigenvalue weighted by atomic mass is 16.5. The third-order valence-electron chi connectivity index (χ3n) is 5.11. The fraction of sp³-hybridized carbons (Fsp3) is 0.400. The number of aliphatic hydroxyl groups is 1. The highest BCUT2D eigenvalue weighted by molar-refractivity contribution is 5.92. The van der Waals surface area contributed by atoms with Crippen molar-refractivity contribution in [3.8, 4) is 5.75 Å². The van der Waals surface area contributed by atoms with Gasteiger partial charge >= 0.3 is 5.63 Å². The quantitative estimate of drug-likeness (QED) is 0.525. The Morgan fingerprint density at radius 1 is 1.37 bits per heavy atom. The summed E-state index contributed by atoms with van der Waals surface area (Å²) < 4.78 is 10.3. The highest BCUT2D eigenvalue weighted by Crippen LogP contribution is 2.24. The molecule has 3 atom stereocenters. The molecule has 2 aromatic rings. The van der Waals surface area contributed by atoms with Crippen LogP contribution < -0.4 is 21.4 Å². The highest BCUT2D eigenvalue weighted by Gasteiger charge is 2.38. The lowest BCUT2D eigenvalue weighted by Gasteiger charge is -2.24. The average Bonchev–Trinajstić information content (AvgIpc) is 3.08. The zero-order valence-electron chi connectivity index (χ0n) is 16.6. The molecule has 160 valence electrons. The van der Waals surface area contributed by atoms with Gasteiger partial charge in [0, 0.05) is 43.8 Å². The van der Waals surface area contributed by atoms with Gasteiger partial charge in [-0.2, -0.15) is 0 Å². The van der Waals surface area contributed by atoms with Crippen molar-refractivity contribution in [3.63, 3.8) is 0 Å². The van der Waals surface area contributed by atoms with Gasteiger partial charge in [0.15, 0.2) is 0 Å². The van der Waals surface area contributed by atoms with Crippen LogP contribution >= 0.6 is 0 Å². The van der Waals surface area contributed by atoms with Crippen LogP contribution in [0.1, 0.15) is 18.9 Å². The van der Waals surface area contributed by atoms with Crippen molar-refractivity contribution in [2.75, 3.05) is 13.7 Å². The van der Waals surface area contributed by atoms with E-state index in [0.717, 1.165) is 0 Å². The topological polar surface area (TPSA) is 152 Å². The van der Waals surface area contributed by atoms with E-state index in [2.05, 4.69) is 5.32 Å². The van der Waals surface area contributed by atoms with Gasteiger partial charge in [-0.25, -0.2) is 4.79 Å². The summed E-state index contributed by atoms with van der Waals surface area (Å²) in [6.07, 6.45) is -0.811. The molecule has 0 saturated carbocycles. The minimum atomic E-state index is -1.13. The van der Waals surface area contributed by atoms with E-state index in [-0.39, 0.29) is 30.9 Å². The fourth-order valence-corrected chi connectivity index (χ4v) is 3.63. The molecule has 10 heteroatoms. The van der Waals surface area contributed by atoms with Gasteiger partial charge < -0.3 is 30.2 Å². The van der Waals surface area contributed by atoms with Crippen LogP contribution in [-0.4, -0.2) is 59.6 Å². The van der Waals surface area contributed by atoms with Gasteiger partial charge in [-0.3, -0.25) is 14.4 Å². The number of primary amides is 1. The van der Waals surface area contributed by atoms with Crippen molar-refractivity contribution in [1.82, 2.24) is 10.2 Å². The van der Waals surface area contributed by atoms with Gasteiger partial charge in [0.05, 0.1) is 13.2 Å². The lowest BCUT2D eigenvalue weighted by atomic mass is 10.0. The summed E-state index contributed by atoms with van der Waals surface area (Å²) in [4.78, 5) is 49.7. The van der Waals surface area contributed by atoms with Gasteiger partial charge in [-0.1, -0.05) is 0 Å². The molecule has 0 unspecified atom stereocenters. The van der Waals surface area contributed by atoms with Crippen molar-refractivity contribution in [3.05, 3.63) is 40.2 Å². The fourth-order valence-electron chi connectivity index (χ4n) is 3.63. The molecule has 1 aromatic heterocycles. The number of hydrogen-bond donors (Lipinski definition) is 3. The van der Waals surface area contributed by atoms with E-state index >= 15 is 0 Å². The molecule has 1 fully saturated rings. The molecule has 3 rings (SSSR count). The summed E-state index contributed by atoms with van der Waals surface area (Å²) in [6, 6.07) is 4.10. The summed E-state index contributed by atoms with van der Waals surface area (Å²) in [5.74, 6) is -1.26. The number of nitrogens with zero attached hydrogens (tertiary/aromatic N) is 1. The number of hydrogen-bond acceptors (Lipinski definition) is 7. The van der Waals surface area contributed by atoms with Gasteiger partial charge in [0.25, 0.3) is 0 Å². The van der Waals surface area contributed by atoms with Crippen LogP contribution in [0.3, 0.4) is 0 Å². The Morgan fingerprint density at radius 2 is 2.10 bits per heavy atom. The lowest BCUT2D eigenvalue weighted by Crippen LogP contribution is -2.52. The van der Waals surface area contributed by atoms with E-state index in [1.807, 2.05) is 0 Å². The molecule has 3 amide bonds. The minimum absolute atomic E-state index is 0.0425. The van der Waals surface area contributed by atoms with E-state index in [0.29, 0.717) is 16.7 Å². The predicted octanol–water partition coefficient (Wildman–Crippen LogP) is -0.704. The van der Waals surface area contributed by atoms with E-state index in [1.54, 1.807) is 18.2 Å². The van der Waals surface area contributed by atoms with Crippen LogP contribution in [0.4, 0.5) is 0 Å². The van der Waals surface area contributed by atoms with Crippen LogP contribution in [-0.2, 0) is 20.8 Å². The van der Waals surface area contributed by atoms with Crippen LogP contribution in [0.2, 0.25) is 0 Å². The first-order valence-electron chi connectivity index (χ1n) is 9.35. The molecule has 1 aliphatic heterocycles.